The first-order valence-corrected chi connectivity index (χ1v) is 6.53. The van der Waals surface area contributed by atoms with Crippen LogP contribution in [0.15, 0.2) is 0 Å². The highest BCUT2D eigenvalue weighted by atomic mass is 15.3. The minimum absolute atomic E-state index is 0.689. The van der Waals surface area contributed by atoms with Crippen molar-refractivity contribution in [2.24, 2.45) is 5.92 Å². The summed E-state index contributed by atoms with van der Waals surface area (Å²) in [6.45, 7) is 10.1. The fraction of sp³-hybridized carbons (Fsp3) is 1.00. The van der Waals surface area contributed by atoms with E-state index >= 15 is 0 Å². The largest absolute Gasteiger partial charge is 0.312 e. The minimum atomic E-state index is 0.689. The van der Waals surface area contributed by atoms with Gasteiger partial charge in [-0.05, 0) is 38.8 Å². The molecule has 2 bridgehead atoms. The second kappa shape index (κ2) is 4.04. The number of rotatable bonds is 1. The summed E-state index contributed by atoms with van der Waals surface area (Å²) in [5.74, 6) is 1.00. The molecule has 4 rings (SSSR count). The Hall–Kier alpha value is -0.120. The molecule has 4 aliphatic heterocycles. The number of nitrogens with zero attached hydrogens (tertiary/aromatic N) is 2. The van der Waals surface area contributed by atoms with Crippen LogP contribution in [-0.2, 0) is 0 Å². The third kappa shape index (κ3) is 1.93. The van der Waals surface area contributed by atoms with Crippen molar-refractivity contribution in [2.45, 2.75) is 31.8 Å². The molecule has 0 aromatic rings. The van der Waals surface area contributed by atoms with Gasteiger partial charge in [0, 0.05) is 38.3 Å². The van der Waals surface area contributed by atoms with Gasteiger partial charge in [0.15, 0.2) is 0 Å². The van der Waals surface area contributed by atoms with Gasteiger partial charge in [-0.3, -0.25) is 4.90 Å². The van der Waals surface area contributed by atoms with Gasteiger partial charge < -0.3 is 10.2 Å². The maximum atomic E-state index is 3.54. The Labute approximate surface area is 92.8 Å². The van der Waals surface area contributed by atoms with Crippen molar-refractivity contribution in [1.29, 1.82) is 0 Å². The van der Waals surface area contributed by atoms with Crippen LogP contribution in [0.4, 0.5) is 0 Å². The molecule has 15 heavy (non-hydrogen) atoms. The summed E-state index contributed by atoms with van der Waals surface area (Å²) in [7, 11) is 0. The number of piperazine rings is 1. The molecule has 3 heteroatoms. The first kappa shape index (κ1) is 10.1. The smallest absolute Gasteiger partial charge is 0.0253 e. The molecule has 0 spiro atoms. The topological polar surface area (TPSA) is 18.5 Å². The number of hydrogen-bond donors (Lipinski definition) is 1. The molecular formula is C12H23N3. The predicted molar refractivity (Wildman–Crippen MR) is 62.0 cm³/mol. The molecule has 86 valence electrons. The van der Waals surface area contributed by atoms with Gasteiger partial charge in [-0.25, -0.2) is 0 Å². The Bertz CT molecular complexity index is 223. The second-order valence-corrected chi connectivity index (χ2v) is 5.56. The fourth-order valence-electron chi connectivity index (χ4n) is 3.61. The molecule has 4 aliphatic rings. The van der Waals surface area contributed by atoms with Gasteiger partial charge in [-0.2, -0.15) is 0 Å². The molecule has 4 heterocycles. The van der Waals surface area contributed by atoms with E-state index in [1.54, 1.807) is 0 Å². The van der Waals surface area contributed by atoms with Gasteiger partial charge >= 0.3 is 0 Å². The Morgan fingerprint density at radius 2 is 1.87 bits per heavy atom. The van der Waals surface area contributed by atoms with Gasteiger partial charge in [-0.15, -0.1) is 0 Å². The molecule has 0 radical (unpaired) electrons. The Kier molecular flexibility index (Phi) is 2.71. The van der Waals surface area contributed by atoms with Crippen molar-refractivity contribution in [2.75, 3.05) is 39.3 Å². The summed E-state index contributed by atoms with van der Waals surface area (Å²) >= 11 is 0. The van der Waals surface area contributed by atoms with Crippen LogP contribution >= 0.6 is 0 Å². The lowest BCUT2D eigenvalue weighted by molar-refractivity contribution is -0.00505. The van der Waals surface area contributed by atoms with Crippen LogP contribution in [0.3, 0.4) is 0 Å². The molecule has 0 saturated carbocycles. The van der Waals surface area contributed by atoms with Crippen molar-refractivity contribution in [1.82, 2.24) is 15.1 Å². The SMILES string of the molecule is CC1CN(C2CN3CCC2CC3)CCN1. The van der Waals surface area contributed by atoms with Gasteiger partial charge in [0.2, 0.25) is 0 Å². The normalized spacial score (nSPS) is 47.0. The summed E-state index contributed by atoms with van der Waals surface area (Å²) in [6, 6.07) is 1.56. The standard InChI is InChI=1S/C12H23N3/c1-10-8-15(7-4-13-10)12-9-14-5-2-11(12)3-6-14/h10-13H,2-9H2,1H3. The molecule has 2 unspecified atom stereocenters. The van der Waals surface area contributed by atoms with Gasteiger partial charge in [0.1, 0.15) is 0 Å². The van der Waals surface area contributed by atoms with Crippen LogP contribution in [0.1, 0.15) is 19.8 Å². The molecule has 1 N–H and O–H groups in total. The number of nitrogens with one attached hydrogen (secondary N) is 1. The zero-order chi connectivity index (χ0) is 10.3. The summed E-state index contributed by atoms with van der Waals surface area (Å²) in [5, 5.41) is 3.54. The summed E-state index contributed by atoms with van der Waals surface area (Å²) in [5.41, 5.74) is 0. The highest BCUT2D eigenvalue weighted by Crippen LogP contribution is 2.31. The van der Waals surface area contributed by atoms with E-state index < -0.39 is 0 Å². The van der Waals surface area contributed by atoms with Crippen molar-refractivity contribution >= 4 is 0 Å². The third-order valence-corrected chi connectivity index (χ3v) is 4.49. The average Bonchev–Trinajstić information content (AvgIpc) is 2.30. The maximum absolute atomic E-state index is 3.54. The van der Waals surface area contributed by atoms with E-state index in [0.29, 0.717) is 6.04 Å². The van der Waals surface area contributed by atoms with E-state index in [9.17, 15) is 0 Å². The van der Waals surface area contributed by atoms with E-state index in [-0.39, 0.29) is 0 Å². The third-order valence-electron chi connectivity index (χ3n) is 4.49. The van der Waals surface area contributed by atoms with Gasteiger partial charge in [0.05, 0.1) is 0 Å². The van der Waals surface area contributed by atoms with E-state index in [0.717, 1.165) is 12.0 Å². The average molecular weight is 209 g/mol. The number of fused-ring (bicyclic) bond motifs is 3. The summed E-state index contributed by atoms with van der Waals surface area (Å²) in [6.07, 6.45) is 2.89. The van der Waals surface area contributed by atoms with Crippen molar-refractivity contribution in [3.8, 4) is 0 Å². The molecular weight excluding hydrogens is 186 g/mol. The van der Waals surface area contributed by atoms with Crippen LogP contribution in [0.2, 0.25) is 0 Å². The van der Waals surface area contributed by atoms with Crippen LogP contribution < -0.4 is 5.32 Å². The van der Waals surface area contributed by atoms with E-state index in [2.05, 4.69) is 22.0 Å². The van der Waals surface area contributed by atoms with Crippen LogP contribution in [0.25, 0.3) is 0 Å². The second-order valence-electron chi connectivity index (χ2n) is 5.56. The Morgan fingerprint density at radius 3 is 2.47 bits per heavy atom. The molecule has 2 atom stereocenters. The van der Waals surface area contributed by atoms with Crippen LogP contribution in [0, 0.1) is 5.92 Å². The molecule has 0 amide bonds. The Morgan fingerprint density at radius 1 is 1.07 bits per heavy atom. The highest BCUT2D eigenvalue weighted by Gasteiger charge is 2.38. The quantitative estimate of drug-likeness (QED) is 0.673. The van der Waals surface area contributed by atoms with Crippen molar-refractivity contribution in [3.63, 3.8) is 0 Å². The van der Waals surface area contributed by atoms with Crippen molar-refractivity contribution < 1.29 is 0 Å². The van der Waals surface area contributed by atoms with Crippen LogP contribution in [0.5, 0.6) is 0 Å². The molecule has 0 aromatic carbocycles. The lowest BCUT2D eigenvalue weighted by Crippen LogP contribution is -2.62. The molecule has 3 nitrogen and oxygen atoms in total. The van der Waals surface area contributed by atoms with E-state index in [1.807, 2.05) is 0 Å². The van der Waals surface area contributed by atoms with Crippen LogP contribution in [-0.4, -0.2) is 61.2 Å². The lowest BCUT2D eigenvalue weighted by atomic mass is 9.83. The van der Waals surface area contributed by atoms with Gasteiger partial charge in [0.25, 0.3) is 0 Å². The first-order valence-electron chi connectivity index (χ1n) is 6.53. The maximum Gasteiger partial charge on any atom is 0.0253 e. The minimum Gasteiger partial charge on any atom is -0.312 e. The van der Waals surface area contributed by atoms with Gasteiger partial charge in [-0.1, -0.05) is 0 Å². The van der Waals surface area contributed by atoms with E-state index in [4.69, 9.17) is 0 Å². The Balaban J connectivity index is 1.66. The molecule has 0 aliphatic carbocycles. The summed E-state index contributed by atoms with van der Waals surface area (Å²) in [4.78, 5) is 5.41. The number of hydrogen-bond acceptors (Lipinski definition) is 3. The fourth-order valence-corrected chi connectivity index (χ4v) is 3.61. The highest BCUT2D eigenvalue weighted by molar-refractivity contribution is 4.94. The lowest BCUT2D eigenvalue weighted by Gasteiger charge is -2.50. The first-order chi connectivity index (χ1) is 7.33. The van der Waals surface area contributed by atoms with E-state index in [1.165, 1.54) is 52.1 Å². The molecule has 0 aromatic heterocycles. The number of piperidine rings is 3. The zero-order valence-corrected chi connectivity index (χ0v) is 9.78. The monoisotopic (exact) mass is 209 g/mol. The molecule has 4 saturated heterocycles. The predicted octanol–water partition coefficient (Wildman–Crippen LogP) is 0.374. The summed E-state index contributed by atoms with van der Waals surface area (Å²) < 4.78 is 0. The van der Waals surface area contributed by atoms with Crippen molar-refractivity contribution in [3.05, 3.63) is 0 Å². The molecule has 4 fully saturated rings. The zero-order valence-electron chi connectivity index (χ0n) is 9.78.